The number of hydrogen-bond acceptors (Lipinski definition) is 4. The number of hydrogen-bond donors (Lipinski definition) is 2. The zero-order valence-corrected chi connectivity index (χ0v) is 23.4. The molecular formula is C29H45N3O4. The van der Waals surface area contributed by atoms with Crippen LogP contribution in [-0.4, -0.2) is 32.6 Å². The molecule has 0 radical (unpaired) electrons. The number of carbonyl (C=O) groups is 2. The lowest BCUT2D eigenvalue weighted by Crippen LogP contribution is -2.35. The Kier molecular flexibility index (Phi) is 10.1. The van der Waals surface area contributed by atoms with Crippen LogP contribution in [0.15, 0.2) is 24.4 Å². The molecule has 0 bridgehead atoms. The Labute approximate surface area is 216 Å². The topological polar surface area (TPSA) is 93.4 Å². The Morgan fingerprint density at radius 1 is 1.06 bits per heavy atom. The molecule has 0 aliphatic rings. The van der Waals surface area contributed by atoms with Crippen LogP contribution in [0.3, 0.4) is 0 Å². The number of aromatic carboxylic acids is 1. The van der Waals surface area contributed by atoms with E-state index in [1.54, 1.807) is 7.05 Å². The van der Waals surface area contributed by atoms with E-state index >= 15 is 0 Å². The third-order valence-electron chi connectivity index (χ3n) is 7.58. The zero-order chi connectivity index (χ0) is 27.1. The summed E-state index contributed by atoms with van der Waals surface area (Å²) in [5, 5.41) is 12.1. The van der Waals surface area contributed by atoms with Crippen LogP contribution in [0.25, 0.3) is 0 Å². The Balaban J connectivity index is 2.41. The minimum atomic E-state index is -1.10. The third kappa shape index (κ3) is 7.11. The van der Waals surface area contributed by atoms with Gasteiger partial charge in [-0.1, -0.05) is 79.9 Å². The largest absolute Gasteiger partial charge is 0.480 e. The number of aromatic nitrogens is 2. The summed E-state index contributed by atoms with van der Waals surface area (Å²) in [6.45, 7) is 15.4. The summed E-state index contributed by atoms with van der Waals surface area (Å²) < 4.78 is 7.84. The van der Waals surface area contributed by atoms with Crippen molar-refractivity contribution in [3.8, 4) is 5.75 Å². The summed E-state index contributed by atoms with van der Waals surface area (Å²) in [6.07, 6.45) is 7.12. The van der Waals surface area contributed by atoms with E-state index in [1.807, 2.05) is 6.07 Å². The van der Waals surface area contributed by atoms with Gasteiger partial charge in [0.15, 0.2) is 6.10 Å². The molecule has 7 nitrogen and oxygen atoms in total. The van der Waals surface area contributed by atoms with Crippen LogP contribution in [-0.2, 0) is 22.7 Å². The highest BCUT2D eigenvalue weighted by atomic mass is 16.5. The Morgan fingerprint density at radius 2 is 1.72 bits per heavy atom. The van der Waals surface area contributed by atoms with Crippen molar-refractivity contribution in [3.05, 3.63) is 41.2 Å². The van der Waals surface area contributed by atoms with E-state index in [0.717, 1.165) is 49.8 Å². The molecule has 0 spiro atoms. The van der Waals surface area contributed by atoms with E-state index in [9.17, 15) is 14.7 Å². The predicted molar refractivity (Wildman–Crippen MR) is 145 cm³/mol. The number of carbonyl (C=O) groups excluding carboxylic acids is 1. The molecule has 1 heterocycles. The molecule has 1 atom stereocenters. The molecule has 1 unspecified atom stereocenters. The third-order valence-corrected chi connectivity index (χ3v) is 7.58. The molecule has 0 saturated heterocycles. The molecule has 7 heteroatoms. The second-order valence-corrected chi connectivity index (χ2v) is 11.0. The van der Waals surface area contributed by atoms with Gasteiger partial charge in [-0.25, -0.2) is 9.78 Å². The summed E-state index contributed by atoms with van der Waals surface area (Å²) in [5.41, 5.74) is 2.27. The summed E-state index contributed by atoms with van der Waals surface area (Å²) in [6, 6.07) is 6.36. The molecule has 1 aromatic heterocycles. The minimum absolute atomic E-state index is 0.00632. The van der Waals surface area contributed by atoms with Gasteiger partial charge in [0.1, 0.15) is 11.4 Å². The van der Waals surface area contributed by atoms with Gasteiger partial charge in [-0.05, 0) is 48.1 Å². The number of imidazole rings is 1. The number of carboxylic acids is 1. The maximum absolute atomic E-state index is 13.4. The quantitative estimate of drug-likeness (QED) is 0.277. The minimum Gasteiger partial charge on any atom is -0.480 e. The molecule has 0 aliphatic heterocycles. The van der Waals surface area contributed by atoms with Gasteiger partial charge < -0.3 is 14.4 Å². The fourth-order valence-electron chi connectivity index (χ4n) is 4.05. The van der Waals surface area contributed by atoms with Gasteiger partial charge in [0, 0.05) is 12.6 Å². The summed E-state index contributed by atoms with van der Waals surface area (Å²) >= 11 is 0. The average Bonchev–Trinajstić information content (AvgIpc) is 3.20. The van der Waals surface area contributed by atoms with Gasteiger partial charge in [0.2, 0.25) is 5.95 Å². The van der Waals surface area contributed by atoms with Crippen LogP contribution in [0.2, 0.25) is 0 Å². The van der Waals surface area contributed by atoms with Crippen molar-refractivity contribution in [2.75, 3.05) is 5.32 Å². The zero-order valence-electron chi connectivity index (χ0n) is 23.4. The number of ether oxygens (including phenoxy) is 1. The van der Waals surface area contributed by atoms with Gasteiger partial charge in [0.25, 0.3) is 5.91 Å². The standard InChI is InChI=1S/C29H45N3O4/c1-9-12-13-14-15-24(25(33)31-27-30-19-22(26(34)35)32(27)8)36-23-17-16-20(28(4,5)10-2)18-21(23)29(6,7)11-3/h16-19,24H,9-15H2,1-8H3,(H,34,35)(H,30,31,33). The molecule has 2 N–H and O–H groups in total. The van der Waals surface area contributed by atoms with Crippen molar-refractivity contribution in [2.24, 2.45) is 7.05 Å². The predicted octanol–water partition coefficient (Wildman–Crippen LogP) is 6.85. The number of amides is 1. The van der Waals surface area contributed by atoms with Crippen molar-refractivity contribution in [1.82, 2.24) is 9.55 Å². The second-order valence-electron chi connectivity index (χ2n) is 11.0. The maximum atomic E-state index is 13.4. The van der Waals surface area contributed by atoms with Gasteiger partial charge in [-0.3, -0.25) is 10.1 Å². The van der Waals surface area contributed by atoms with E-state index in [1.165, 1.54) is 16.3 Å². The number of unbranched alkanes of at least 4 members (excludes halogenated alkanes) is 3. The molecule has 2 rings (SSSR count). The van der Waals surface area contributed by atoms with Crippen molar-refractivity contribution in [3.63, 3.8) is 0 Å². The Hall–Kier alpha value is -2.83. The highest BCUT2D eigenvalue weighted by molar-refractivity contribution is 5.94. The number of anilines is 1. The molecular weight excluding hydrogens is 454 g/mol. The summed E-state index contributed by atoms with van der Waals surface area (Å²) in [7, 11) is 1.57. The van der Waals surface area contributed by atoms with Crippen molar-refractivity contribution >= 4 is 17.8 Å². The first kappa shape index (κ1) is 29.4. The summed E-state index contributed by atoms with van der Waals surface area (Å²) in [4.78, 5) is 28.8. The van der Waals surface area contributed by atoms with Gasteiger partial charge in [-0.2, -0.15) is 0 Å². The fourth-order valence-corrected chi connectivity index (χ4v) is 4.05. The number of nitrogens with zero attached hydrogens (tertiary/aromatic N) is 2. The van der Waals surface area contributed by atoms with E-state index in [0.29, 0.717) is 6.42 Å². The highest BCUT2D eigenvalue weighted by Crippen LogP contribution is 2.39. The van der Waals surface area contributed by atoms with Gasteiger partial charge in [-0.15, -0.1) is 0 Å². The molecule has 2 aromatic rings. The Morgan fingerprint density at radius 3 is 2.28 bits per heavy atom. The van der Waals surface area contributed by atoms with E-state index in [-0.39, 0.29) is 28.4 Å². The van der Waals surface area contributed by atoms with Crippen molar-refractivity contribution in [2.45, 2.75) is 110 Å². The Bertz CT molecular complexity index is 1040. The van der Waals surface area contributed by atoms with Crippen molar-refractivity contribution in [1.29, 1.82) is 0 Å². The monoisotopic (exact) mass is 499 g/mol. The van der Waals surface area contributed by atoms with E-state index < -0.39 is 12.1 Å². The molecule has 200 valence electrons. The second kappa shape index (κ2) is 12.4. The van der Waals surface area contributed by atoms with E-state index in [4.69, 9.17) is 4.74 Å². The lowest BCUT2D eigenvalue weighted by molar-refractivity contribution is -0.123. The molecule has 1 aromatic carbocycles. The SMILES string of the molecule is CCCCCCC(Oc1ccc(C(C)(C)CC)cc1C(C)(C)CC)C(=O)Nc1ncc(C(=O)O)n1C. The molecule has 36 heavy (non-hydrogen) atoms. The fraction of sp³-hybridized carbons (Fsp3) is 0.621. The van der Waals surface area contributed by atoms with Crippen molar-refractivity contribution < 1.29 is 19.4 Å². The summed E-state index contributed by atoms with van der Waals surface area (Å²) in [5.74, 6) is -0.511. The first-order chi connectivity index (χ1) is 16.9. The van der Waals surface area contributed by atoms with Gasteiger partial charge in [0.05, 0.1) is 6.20 Å². The van der Waals surface area contributed by atoms with Crippen LogP contribution in [0, 0.1) is 0 Å². The lowest BCUT2D eigenvalue weighted by atomic mass is 9.76. The lowest BCUT2D eigenvalue weighted by Gasteiger charge is -2.31. The smallest absolute Gasteiger partial charge is 0.354 e. The molecule has 0 fully saturated rings. The average molecular weight is 500 g/mol. The number of rotatable bonds is 14. The van der Waals surface area contributed by atoms with E-state index in [2.05, 4.69) is 70.9 Å². The molecule has 1 amide bonds. The molecule has 0 saturated carbocycles. The number of benzene rings is 1. The van der Waals surface area contributed by atoms with Crippen LogP contribution >= 0.6 is 0 Å². The number of carboxylic acid groups (broad SMARTS) is 1. The van der Waals surface area contributed by atoms with Gasteiger partial charge >= 0.3 is 5.97 Å². The first-order valence-corrected chi connectivity index (χ1v) is 13.2. The number of nitrogens with one attached hydrogen (secondary N) is 1. The van der Waals surface area contributed by atoms with Crippen LogP contribution in [0.4, 0.5) is 5.95 Å². The van der Waals surface area contributed by atoms with Crippen LogP contribution in [0.5, 0.6) is 5.75 Å². The maximum Gasteiger partial charge on any atom is 0.354 e. The van der Waals surface area contributed by atoms with Crippen LogP contribution in [0.1, 0.15) is 115 Å². The normalized spacial score (nSPS) is 12.9. The molecule has 0 aliphatic carbocycles. The van der Waals surface area contributed by atoms with Crippen LogP contribution < -0.4 is 10.1 Å². The first-order valence-electron chi connectivity index (χ1n) is 13.2. The highest BCUT2D eigenvalue weighted by Gasteiger charge is 2.30.